The highest BCUT2D eigenvalue weighted by atomic mass is 16.5. The van der Waals surface area contributed by atoms with Gasteiger partial charge in [-0.3, -0.25) is 4.79 Å². The molecule has 4 heteroatoms. The molecule has 0 amide bonds. The van der Waals surface area contributed by atoms with Crippen molar-refractivity contribution in [3.8, 4) is 11.5 Å². The fourth-order valence-corrected chi connectivity index (χ4v) is 2.18. The largest absolute Gasteiger partial charge is 0.497 e. The topological polar surface area (TPSA) is 47.6 Å². The third-order valence-corrected chi connectivity index (χ3v) is 3.32. The van der Waals surface area contributed by atoms with Gasteiger partial charge in [-0.05, 0) is 51.8 Å². The summed E-state index contributed by atoms with van der Waals surface area (Å²) in [6.45, 7) is 11.9. The molecule has 0 radical (unpaired) electrons. The maximum Gasteiger partial charge on any atom is 0.166 e. The zero-order valence-corrected chi connectivity index (χ0v) is 15.4. The number of hydrogen-bond donors (Lipinski definition) is 1. The van der Waals surface area contributed by atoms with Crippen LogP contribution in [0, 0.1) is 5.92 Å². The highest BCUT2D eigenvalue weighted by Crippen LogP contribution is 2.27. The summed E-state index contributed by atoms with van der Waals surface area (Å²) >= 11 is 0. The van der Waals surface area contributed by atoms with Gasteiger partial charge in [-0.15, -0.1) is 0 Å². The molecule has 4 nitrogen and oxygen atoms in total. The van der Waals surface area contributed by atoms with Gasteiger partial charge in [0.25, 0.3) is 0 Å². The Morgan fingerprint density at radius 1 is 1.26 bits per heavy atom. The maximum atomic E-state index is 12.4. The van der Waals surface area contributed by atoms with Crippen LogP contribution in [0.1, 0.15) is 57.8 Å². The first kappa shape index (κ1) is 19.5. The van der Waals surface area contributed by atoms with Gasteiger partial charge in [0, 0.05) is 18.0 Å². The van der Waals surface area contributed by atoms with Crippen molar-refractivity contribution < 1.29 is 14.3 Å². The lowest BCUT2D eigenvalue weighted by Gasteiger charge is -2.20. The van der Waals surface area contributed by atoms with Gasteiger partial charge in [-0.1, -0.05) is 13.8 Å². The van der Waals surface area contributed by atoms with Gasteiger partial charge in [0.15, 0.2) is 5.78 Å². The number of Topliss-reactive ketones (excluding diaryl/α,β-unsaturated/α-hetero) is 1. The Kier molecular flexibility index (Phi) is 7.56. The molecule has 1 rings (SSSR count). The minimum absolute atomic E-state index is 0.106. The van der Waals surface area contributed by atoms with Gasteiger partial charge in [-0.25, -0.2) is 0 Å². The molecule has 0 atom stereocenters. The Bertz CT molecular complexity index is 504. The first-order chi connectivity index (χ1) is 10.7. The van der Waals surface area contributed by atoms with Crippen molar-refractivity contribution in [1.29, 1.82) is 0 Å². The fraction of sp³-hybridized carbons (Fsp3) is 0.632. The van der Waals surface area contributed by atoms with Gasteiger partial charge in [0.1, 0.15) is 11.5 Å². The number of hydrogen-bond acceptors (Lipinski definition) is 4. The van der Waals surface area contributed by atoms with E-state index in [2.05, 4.69) is 26.1 Å². The highest BCUT2D eigenvalue weighted by molar-refractivity contribution is 5.99. The summed E-state index contributed by atoms with van der Waals surface area (Å²) in [6, 6.07) is 5.40. The summed E-state index contributed by atoms with van der Waals surface area (Å²) in [6.07, 6.45) is 1.40. The lowest BCUT2D eigenvalue weighted by molar-refractivity contribution is 0.0963. The predicted octanol–water partition coefficient (Wildman–Crippen LogP) is 4.08. The van der Waals surface area contributed by atoms with E-state index in [0.29, 0.717) is 36.0 Å². The molecule has 0 saturated heterocycles. The smallest absolute Gasteiger partial charge is 0.166 e. The van der Waals surface area contributed by atoms with Crippen LogP contribution in [0.5, 0.6) is 11.5 Å². The van der Waals surface area contributed by atoms with Crippen LogP contribution in [0.2, 0.25) is 0 Å². The molecule has 0 saturated carbocycles. The second kappa shape index (κ2) is 8.92. The summed E-state index contributed by atoms with van der Waals surface area (Å²) in [5.41, 5.74) is 0.747. The molecule has 1 aromatic carbocycles. The zero-order chi connectivity index (χ0) is 17.5. The number of ether oxygens (including phenoxy) is 2. The van der Waals surface area contributed by atoms with E-state index in [0.717, 1.165) is 13.0 Å². The van der Waals surface area contributed by atoms with Crippen LogP contribution in [0.4, 0.5) is 0 Å². The molecule has 0 aliphatic carbocycles. The Morgan fingerprint density at radius 3 is 2.52 bits per heavy atom. The van der Waals surface area contributed by atoms with E-state index in [1.807, 2.05) is 19.9 Å². The van der Waals surface area contributed by atoms with Gasteiger partial charge >= 0.3 is 0 Å². The molecule has 0 aliphatic rings. The molecule has 0 unspecified atom stereocenters. The summed E-state index contributed by atoms with van der Waals surface area (Å²) in [4.78, 5) is 12.4. The van der Waals surface area contributed by atoms with Crippen molar-refractivity contribution in [2.45, 2.75) is 53.0 Å². The predicted molar refractivity (Wildman–Crippen MR) is 94.6 cm³/mol. The quantitative estimate of drug-likeness (QED) is 0.550. The second-order valence-corrected chi connectivity index (χ2v) is 7.26. The SMILES string of the molecule is COc1ccc(C(=O)CC(C)C)c(OCCCNC(C)(C)C)c1. The summed E-state index contributed by atoms with van der Waals surface area (Å²) in [7, 11) is 1.61. The molecular formula is C19H31NO3. The minimum Gasteiger partial charge on any atom is -0.497 e. The lowest BCUT2D eigenvalue weighted by atomic mass is 10.0. The fourth-order valence-electron chi connectivity index (χ4n) is 2.18. The van der Waals surface area contributed by atoms with Crippen molar-refractivity contribution in [3.63, 3.8) is 0 Å². The summed E-state index contributed by atoms with van der Waals surface area (Å²) < 4.78 is 11.1. The van der Waals surface area contributed by atoms with Crippen LogP contribution < -0.4 is 14.8 Å². The van der Waals surface area contributed by atoms with Crippen molar-refractivity contribution in [2.24, 2.45) is 5.92 Å². The summed E-state index contributed by atoms with van der Waals surface area (Å²) in [5.74, 6) is 1.76. The first-order valence-electron chi connectivity index (χ1n) is 8.32. The number of rotatable bonds is 9. The van der Waals surface area contributed by atoms with E-state index in [1.54, 1.807) is 19.2 Å². The summed E-state index contributed by atoms with van der Waals surface area (Å²) in [5, 5.41) is 3.42. The molecule has 23 heavy (non-hydrogen) atoms. The van der Waals surface area contributed by atoms with Gasteiger partial charge in [-0.2, -0.15) is 0 Å². The number of benzene rings is 1. The van der Waals surface area contributed by atoms with Crippen molar-refractivity contribution in [3.05, 3.63) is 23.8 Å². The maximum absolute atomic E-state index is 12.4. The van der Waals surface area contributed by atoms with Gasteiger partial charge in [0.05, 0.1) is 19.3 Å². The van der Waals surface area contributed by atoms with E-state index in [9.17, 15) is 4.79 Å². The van der Waals surface area contributed by atoms with E-state index in [1.165, 1.54) is 0 Å². The van der Waals surface area contributed by atoms with Crippen LogP contribution in [0.25, 0.3) is 0 Å². The monoisotopic (exact) mass is 321 g/mol. The average Bonchev–Trinajstić information content (AvgIpc) is 2.44. The molecule has 0 aliphatic heterocycles. The molecule has 1 N–H and O–H groups in total. The normalized spacial score (nSPS) is 11.6. The Balaban J connectivity index is 2.68. The highest BCUT2D eigenvalue weighted by Gasteiger charge is 2.15. The number of carbonyl (C=O) groups is 1. The van der Waals surface area contributed by atoms with E-state index < -0.39 is 0 Å². The third kappa shape index (κ3) is 7.51. The number of nitrogens with one attached hydrogen (secondary N) is 1. The average molecular weight is 321 g/mol. The van der Waals surface area contributed by atoms with Crippen molar-refractivity contribution >= 4 is 5.78 Å². The van der Waals surface area contributed by atoms with Crippen LogP contribution in [-0.4, -0.2) is 31.6 Å². The van der Waals surface area contributed by atoms with Crippen molar-refractivity contribution in [1.82, 2.24) is 5.32 Å². The molecule has 1 aromatic rings. The van der Waals surface area contributed by atoms with Crippen LogP contribution in [0.15, 0.2) is 18.2 Å². The molecular weight excluding hydrogens is 290 g/mol. The van der Waals surface area contributed by atoms with Gasteiger partial charge < -0.3 is 14.8 Å². The molecule has 130 valence electrons. The third-order valence-electron chi connectivity index (χ3n) is 3.32. The van der Waals surface area contributed by atoms with Gasteiger partial charge in [0.2, 0.25) is 0 Å². The van der Waals surface area contributed by atoms with Crippen LogP contribution in [0.3, 0.4) is 0 Å². The van der Waals surface area contributed by atoms with Crippen LogP contribution >= 0.6 is 0 Å². The molecule has 0 fully saturated rings. The number of ketones is 1. The van der Waals surface area contributed by atoms with E-state index >= 15 is 0 Å². The minimum atomic E-state index is 0.106. The molecule has 0 bridgehead atoms. The molecule has 0 heterocycles. The van der Waals surface area contributed by atoms with Crippen molar-refractivity contribution in [2.75, 3.05) is 20.3 Å². The standard InChI is InChI=1S/C19H31NO3/c1-14(2)12-17(21)16-9-8-15(22-6)13-18(16)23-11-7-10-20-19(3,4)5/h8-9,13-14,20H,7,10-12H2,1-6H3. The number of methoxy groups -OCH3 is 1. The number of carbonyl (C=O) groups excluding carboxylic acids is 1. The molecule has 0 aromatic heterocycles. The van der Waals surface area contributed by atoms with E-state index in [-0.39, 0.29) is 11.3 Å². The zero-order valence-electron chi connectivity index (χ0n) is 15.4. The van der Waals surface area contributed by atoms with E-state index in [4.69, 9.17) is 9.47 Å². The molecule has 0 spiro atoms. The Labute approximate surface area is 140 Å². The lowest BCUT2D eigenvalue weighted by Crippen LogP contribution is -2.36. The van der Waals surface area contributed by atoms with Crippen LogP contribution in [-0.2, 0) is 0 Å². The Hall–Kier alpha value is -1.55. The first-order valence-corrected chi connectivity index (χ1v) is 8.32. The second-order valence-electron chi connectivity index (χ2n) is 7.26. The Morgan fingerprint density at radius 2 is 1.96 bits per heavy atom.